The number of piperidine rings is 1. The number of fused-ring (bicyclic) bond motifs is 2. The SMILES string of the molecule is CC(C)(C)C1CC(Cn2nc(-c3ccc4cc(O)ccc4c3)c3c(N)ncnc32)CCN1C(=O)O. The summed E-state index contributed by atoms with van der Waals surface area (Å²) in [6.07, 6.45) is 2.11. The van der Waals surface area contributed by atoms with Crippen LogP contribution in [-0.2, 0) is 6.54 Å². The molecule has 2 unspecified atom stereocenters. The predicted molar refractivity (Wildman–Crippen MR) is 135 cm³/mol. The van der Waals surface area contributed by atoms with Crippen molar-refractivity contribution in [3.05, 3.63) is 42.7 Å². The van der Waals surface area contributed by atoms with Gasteiger partial charge in [-0.25, -0.2) is 19.4 Å². The van der Waals surface area contributed by atoms with Crippen LogP contribution in [0.1, 0.15) is 33.6 Å². The monoisotopic (exact) mass is 474 g/mol. The Bertz CT molecular complexity index is 1420. The Labute approximate surface area is 203 Å². The van der Waals surface area contributed by atoms with Crippen molar-refractivity contribution < 1.29 is 15.0 Å². The maximum absolute atomic E-state index is 11.8. The van der Waals surface area contributed by atoms with Gasteiger partial charge in [-0.1, -0.05) is 39.0 Å². The number of hydrogen-bond acceptors (Lipinski definition) is 6. The number of hydrogen-bond donors (Lipinski definition) is 3. The van der Waals surface area contributed by atoms with E-state index in [4.69, 9.17) is 10.8 Å². The third-order valence-electron chi connectivity index (χ3n) is 7.04. The van der Waals surface area contributed by atoms with E-state index in [1.165, 1.54) is 6.33 Å². The van der Waals surface area contributed by atoms with Gasteiger partial charge in [0.2, 0.25) is 0 Å². The normalized spacial score (nSPS) is 18.9. The summed E-state index contributed by atoms with van der Waals surface area (Å²) < 4.78 is 1.89. The molecule has 4 N–H and O–H groups in total. The first kappa shape index (κ1) is 22.9. The summed E-state index contributed by atoms with van der Waals surface area (Å²) in [5, 5.41) is 27.0. The van der Waals surface area contributed by atoms with Gasteiger partial charge in [-0.05, 0) is 53.1 Å². The van der Waals surface area contributed by atoms with Crippen LogP contribution in [-0.4, -0.2) is 53.5 Å². The minimum atomic E-state index is -0.861. The van der Waals surface area contributed by atoms with Crippen molar-refractivity contribution in [1.82, 2.24) is 24.6 Å². The largest absolute Gasteiger partial charge is 0.508 e. The van der Waals surface area contributed by atoms with Crippen LogP contribution in [0.25, 0.3) is 33.1 Å². The van der Waals surface area contributed by atoms with Crippen LogP contribution >= 0.6 is 0 Å². The number of phenolic OH excluding ortho intramolecular Hbond substituents is 1. The standard InChI is InChI=1S/C26H30N6O3/c1-26(2,3)20-10-15(8-9-31(20)25(34)35)13-32-24-21(23(27)28-14-29-24)22(30-32)18-5-4-17-12-19(33)7-6-16(17)11-18/h4-7,11-12,14-15,20,33H,8-10,13H2,1-3H3,(H,34,35)(H2,27,28,29). The number of nitrogens with two attached hydrogens (primary N) is 1. The number of phenols is 1. The Morgan fingerprint density at radius 2 is 1.89 bits per heavy atom. The third-order valence-corrected chi connectivity index (χ3v) is 7.04. The molecule has 1 aliphatic rings. The molecule has 0 bridgehead atoms. The van der Waals surface area contributed by atoms with Gasteiger partial charge in [0.05, 0.1) is 5.39 Å². The number of likely N-dealkylation sites (tertiary alicyclic amines) is 1. The van der Waals surface area contributed by atoms with E-state index in [1.54, 1.807) is 17.0 Å². The van der Waals surface area contributed by atoms with Gasteiger partial charge in [0.25, 0.3) is 0 Å². The number of anilines is 1. The van der Waals surface area contributed by atoms with E-state index < -0.39 is 6.09 Å². The molecule has 9 heteroatoms. The van der Waals surface area contributed by atoms with E-state index in [0.717, 1.165) is 29.2 Å². The molecule has 3 heterocycles. The minimum absolute atomic E-state index is 0.0726. The molecule has 1 amide bonds. The molecule has 1 aliphatic heterocycles. The second kappa shape index (κ2) is 8.41. The van der Waals surface area contributed by atoms with Gasteiger partial charge in [0, 0.05) is 24.7 Å². The number of rotatable bonds is 3. The number of aromatic hydroxyl groups is 1. The molecule has 2 aromatic carbocycles. The number of benzene rings is 2. The fourth-order valence-corrected chi connectivity index (χ4v) is 5.24. The van der Waals surface area contributed by atoms with Crippen molar-refractivity contribution in [2.75, 3.05) is 12.3 Å². The van der Waals surface area contributed by atoms with Gasteiger partial charge >= 0.3 is 6.09 Å². The molecule has 1 saturated heterocycles. The van der Waals surface area contributed by atoms with Crippen molar-refractivity contribution in [3.8, 4) is 17.0 Å². The molecular weight excluding hydrogens is 444 g/mol. The summed E-state index contributed by atoms with van der Waals surface area (Å²) in [6.45, 7) is 7.39. The van der Waals surface area contributed by atoms with Gasteiger partial charge in [0.15, 0.2) is 5.65 Å². The van der Waals surface area contributed by atoms with Gasteiger partial charge in [0.1, 0.15) is 23.6 Å². The van der Waals surface area contributed by atoms with Crippen LogP contribution in [0.4, 0.5) is 10.6 Å². The Balaban J connectivity index is 1.52. The van der Waals surface area contributed by atoms with Crippen molar-refractivity contribution in [2.24, 2.45) is 11.3 Å². The highest BCUT2D eigenvalue weighted by atomic mass is 16.4. The summed E-state index contributed by atoms with van der Waals surface area (Å²) in [6, 6.07) is 11.1. The van der Waals surface area contributed by atoms with E-state index in [-0.39, 0.29) is 23.1 Å². The van der Waals surface area contributed by atoms with Crippen molar-refractivity contribution in [2.45, 2.75) is 46.2 Å². The Morgan fingerprint density at radius 3 is 2.63 bits per heavy atom. The first-order chi connectivity index (χ1) is 16.6. The average molecular weight is 475 g/mol. The smallest absolute Gasteiger partial charge is 0.407 e. The van der Waals surface area contributed by atoms with Crippen molar-refractivity contribution in [3.63, 3.8) is 0 Å². The maximum atomic E-state index is 11.8. The number of nitrogens with zero attached hydrogens (tertiary/aromatic N) is 5. The molecule has 0 saturated carbocycles. The van der Waals surface area contributed by atoms with E-state index >= 15 is 0 Å². The fourth-order valence-electron chi connectivity index (χ4n) is 5.24. The molecule has 2 atom stereocenters. The topological polar surface area (TPSA) is 130 Å². The first-order valence-corrected chi connectivity index (χ1v) is 11.8. The third kappa shape index (κ3) is 4.22. The summed E-state index contributed by atoms with van der Waals surface area (Å²) in [5.74, 6) is 0.844. The van der Waals surface area contributed by atoms with Crippen LogP contribution < -0.4 is 5.73 Å². The Hall–Kier alpha value is -3.88. The summed E-state index contributed by atoms with van der Waals surface area (Å²) in [7, 11) is 0. The number of nitrogen functional groups attached to an aromatic ring is 1. The van der Waals surface area contributed by atoms with Crippen LogP contribution in [0.5, 0.6) is 5.75 Å². The zero-order valence-electron chi connectivity index (χ0n) is 20.1. The molecular formula is C26H30N6O3. The maximum Gasteiger partial charge on any atom is 0.407 e. The van der Waals surface area contributed by atoms with Gasteiger partial charge < -0.3 is 20.8 Å². The zero-order chi connectivity index (χ0) is 24.9. The van der Waals surface area contributed by atoms with Crippen LogP contribution in [0.3, 0.4) is 0 Å². The molecule has 5 rings (SSSR count). The average Bonchev–Trinajstić information content (AvgIpc) is 3.17. The van der Waals surface area contributed by atoms with E-state index in [2.05, 4.69) is 30.7 Å². The summed E-state index contributed by atoms with van der Waals surface area (Å²) in [4.78, 5) is 22.1. The minimum Gasteiger partial charge on any atom is -0.508 e. The second-order valence-corrected chi connectivity index (χ2v) is 10.5. The number of carboxylic acid groups (broad SMARTS) is 1. The highest BCUT2D eigenvalue weighted by Gasteiger charge is 2.39. The van der Waals surface area contributed by atoms with Crippen LogP contribution in [0, 0.1) is 11.3 Å². The lowest BCUT2D eigenvalue weighted by Crippen LogP contribution is -2.52. The molecule has 0 radical (unpaired) electrons. The second-order valence-electron chi connectivity index (χ2n) is 10.5. The van der Waals surface area contributed by atoms with Gasteiger partial charge in [-0.15, -0.1) is 0 Å². The van der Waals surface area contributed by atoms with Gasteiger partial charge in [-0.3, -0.25) is 0 Å². The van der Waals surface area contributed by atoms with Gasteiger partial charge in [-0.2, -0.15) is 5.10 Å². The Morgan fingerprint density at radius 1 is 1.14 bits per heavy atom. The fraction of sp³-hybridized carbons (Fsp3) is 0.385. The number of aromatic nitrogens is 4. The highest BCUT2D eigenvalue weighted by Crippen LogP contribution is 2.37. The Kier molecular flexibility index (Phi) is 5.50. The molecule has 182 valence electrons. The molecule has 0 spiro atoms. The lowest BCUT2D eigenvalue weighted by atomic mass is 9.77. The summed E-state index contributed by atoms with van der Waals surface area (Å²) in [5.41, 5.74) is 8.40. The highest BCUT2D eigenvalue weighted by molar-refractivity contribution is 6.00. The molecule has 4 aromatic rings. The van der Waals surface area contributed by atoms with E-state index in [0.29, 0.717) is 35.6 Å². The van der Waals surface area contributed by atoms with E-state index in [9.17, 15) is 15.0 Å². The first-order valence-electron chi connectivity index (χ1n) is 11.8. The van der Waals surface area contributed by atoms with Crippen molar-refractivity contribution >= 4 is 33.7 Å². The lowest BCUT2D eigenvalue weighted by Gasteiger charge is -2.44. The van der Waals surface area contributed by atoms with Crippen molar-refractivity contribution in [1.29, 1.82) is 0 Å². The molecule has 1 fully saturated rings. The lowest BCUT2D eigenvalue weighted by molar-refractivity contribution is 0.0369. The van der Waals surface area contributed by atoms with Crippen LogP contribution in [0.2, 0.25) is 0 Å². The number of carbonyl (C=O) groups is 1. The zero-order valence-corrected chi connectivity index (χ0v) is 20.1. The molecule has 2 aromatic heterocycles. The summed E-state index contributed by atoms with van der Waals surface area (Å²) >= 11 is 0. The quantitative estimate of drug-likeness (QED) is 0.391. The molecule has 9 nitrogen and oxygen atoms in total. The van der Waals surface area contributed by atoms with E-state index in [1.807, 2.05) is 28.9 Å². The van der Waals surface area contributed by atoms with Crippen LogP contribution in [0.15, 0.2) is 42.7 Å². The number of amides is 1. The molecule has 0 aliphatic carbocycles. The molecule has 35 heavy (non-hydrogen) atoms. The predicted octanol–water partition coefficient (Wildman–Crippen LogP) is 4.74.